The number of rotatable bonds is 3. The molecule has 21 heavy (non-hydrogen) atoms. The van der Waals surface area contributed by atoms with Crippen LogP contribution in [0.15, 0.2) is 60.9 Å². The van der Waals surface area contributed by atoms with Crippen molar-refractivity contribution < 1.29 is 4.39 Å². The van der Waals surface area contributed by atoms with Crippen molar-refractivity contribution in [2.24, 2.45) is 0 Å². The highest BCUT2D eigenvalue weighted by Crippen LogP contribution is 2.35. The molecule has 0 aliphatic rings. The standard InChI is InChI=1S/C16H11Cl2FN2/c17-13-7-4-8-14(19)15(13)16(18)11-9-20-21(10-11)12-5-2-1-3-6-12/h1-10,16H. The Labute approximate surface area is 131 Å². The van der Waals surface area contributed by atoms with Crippen molar-refractivity contribution in [3.63, 3.8) is 0 Å². The number of aromatic nitrogens is 2. The van der Waals surface area contributed by atoms with E-state index in [4.69, 9.17) is 23.2 Å². The molecule has 0 saturated heterocycles. The summed E-state index contributed by atoms with van der Waals surface area (Å²) in [7, 11) is 0. The predicted octanol–water partition coefficient (Wildman–Crippen LogP) is 4.99. The Balaban J connectivity index is 1.97. The molecule has 0 spiro atoms. The van der Waals surface area contributed by atoms with Crippen LogP contribution in [0.3, 0.4) is 0 Å². The van der Waals surface area contributed by atoms with Crippen molar-refractivity contribution in [3.05, 3.63) is 82.9 Å². The topological polar surface area (TPSA) is 17.8 Å². The third-order valence-corrected chi connectivity index (χ3v) is 3.97. The largest absolute Gasteiger partial charge is 0.241 e. The lowest BCUT2D eigenvalue weighted by molar-refractivity contribution is 0.612. The van der Waals surface area contributed by atoms with Crippen LogP contribution in [-0.2, 0) is 0 Å². The summed E-state index contributed by atoms with van der Waals surface area (Å²) in [5.74, 6) is -0.421. The van der Waals surface area contributed by atoms with E-state index in [0.717, 1.165) is 5.69 Å². The molecule has 2 aromatic carbocycles. The minimum Gasteiger partial charge on any atom is -0.241 e. The van der Waals surface area contributed by atoms with Gasteiger partial charge in [-0.05, 0) is 24.3 Å². The van der Waals surface area contributed by atoms with Gasteiger partial charge in [0.05, 0.1) is 17.3 Å². The molecule has 0 amide bonds. The Morgan fingerprint density at radius 3 is 2.52 bits per heavy atom. The molecular formula is C16H11Cl2FN2. The summed E-state index contributed by atoms with van der Waals surface area (Å²) in [5.41, 5.74) is 1.87. The third-order valence-electron chi connectivity index (χ3n) is 3.17. The van der Waals surface area contributed by atoms with Crippen molar-refractivity contribution in [3.8, 4) is 5.69 Å². The molecule has 3 aromatic rings. The fourth-order valence-electron chi connectivity index (χ4n) is 2.11. The summed E-state index contributed by atoms with van der Waals surface area (Å²) < 4.78 is 15.6. The summed E-state index contributed by atoms with van der Waals surface area (Å²) in [6.07, 6.45) is 3.39. The molecular weight excluding hydrogens is 310 g/mol. The van der Waals surface area contributed by atoms with Crippen LogP contribution in [0.1, 0.15) is 16.5 Å². The maximum atomic E-state index is 13.9. The smallest absolute Gasteiger partial charge is 0.129 e. The molecule has 3 rings (SSSR count). The fraction of sp³-hybridized carbons (Fsp3) is 0.0625. The number of hydrogen-bond donors (Lipinski definition) is 0. The predicted molar refractivity (Wildman–Crippen MR) is 82.7 cm³/mol. The van der Waals surface area contributed by atoms with E-state index < -0.39 is 11.2 Å². The van der Waals surface area contributed by atoms with Crippen molar-refractivity contribution in [2.45, 2.75) is 5.38 Å². The van der Waals surface area contributed by atoms with E-state index in [1.54, 1.807) is 29.2 Å². The fourth-order valence-corrected chi connectivity index (χ4v) is 2.77. The Kier molecular flexibility index (Phi) is 3.95. The molecule has 1 heterocycles. The maximum Gasteiger partial charge on any atom is 0.129 e. The van der Waals surface area contributed by atoms with Gasteiger partial charge in [0.25, 0.3) is 0 Å². The van der Waals surface area contributed by atoms with Gasteiger partial charge in [0.2, 0.25) is 0 Å². The van der Waals surface area contributed by atoms with E-state index in [1.807, 2.05) is 30.3 Å². The first-order valence-corrected chi connectivity index (χ1v) is 7.16. The number of benzene rings is 2. The van der Waals surface area contributed by atoms with Gasteiger partial charge in [-0.1, -0.05) is 35.9 Å². The van der Waals surface area contributed by atoms with Gasteiger partial charge in [0.15, 0.2) is 0 Å². The first kappa shape index (κ1) is 14.1. The highest BCUT2D eigenvalue weighted by molar-refractivity contribution is 6.33. The molecule has 0 N–H and O–H groups in total. The van der Waals surface area contributed by atoms with E-state index in [0.29, 0.717) is 10.6 Å². The zero-order valence-electron chi connectivity index (χ0n) is 10.9. The first-order valence-electron chi connectivity index (χ1n) is 6.35. The number of para-hydroxylation sites is 1. The Morgan fingerprint density at radius 1 is 1.05 bits per heavy atom. The summed E-state index contributed by atoms with van der Waals surface area (Å²) in [6.45, 7) is 0. The van der Waals surface area contributed by atoms with Crippen LogP contribution in [-0.4, -0.2) is 9.78 Å². The van der Waals surface area contributed by atoms with Crippen LogP contribution < -0.4 is 0 Å². The number of halogens is 3. The highest BCUT2D eigenvalue weighted by Gasteiger charge is 2.20. The van der Waals surface area contributed by atoms with Gasteiger partial charge in [-0.25, -0.2) is 9.07 Å². The second-order valence-corrected chi connectivity index (χ2v) is 5.40. The van der Waals surface area contributed by atoms with Crippen molar-refractivity contribution in [2.75, 3.05) is 0 Å². The van der Waals surface area contributed by atoms with E-state index in [-0.39, 0.29) is 5.56 Å². The maximum absolute atomic E-state index is 13.9. The Hall–Kier alpha value is -1.84. The molecule has 2 nitrogen and oxygen atoms in total. The van der Waals surface area contributed by atoms with Crippen molar-refractivity contribution >= 4 is 23.2 Å². The molecule has 1 unspecified atom stereocenters. The van der Waals surface area contributed by atoms with Crippen LogP contribution in [0.2, 0.25) is 5.02 Å². The average Bonchev–Trinajstić information content (AvgIpc) is 2.97. The summed E-state index contributed by atoms with van der Waals surface area (Å²) in [5, 5.41) is 3.88. The van der Waals surface area contributed by atoms with Crippen LogP contribution in [0.25, 0.3) is 5.69 Å². The zero-order chi connectivity index (χ0) is 14.8. The van der Waals surface area contributed by atoms with Gasteiger partial charge >= 0.3 is 0 Å². The summed E-state index contributed by atoms with van der Waals surface area (Å²) in [4.78, 5) is 0. The minimum atomic E-state index is -0.684. The Morgan fingerprint density at radius 2 is 1.81 bits per heavy atom. The number of hydrogen-bond acceptors (Lipinski definition) is 1. The molecule has 1 aromatic heterocycles. The van der Waals surface area contributed by atoms with Crippen molar-refractivity contribution in [1.82, 2.24) is 9.78 Å². The molecule has 5 heteroatoms. The van der Waals surface area contributed by atoms with Crippen molar-refractivity contribution in [1.29, 1.82) is 0 Å². The first-order chi connectivity index (χ1) is 10.2. The van der Waals surface area contributed by atoms with Gasteiger partial charge in [-0.15, -0.1) is 11.6 Å². The summed E-state index contributed by atoms with van der Waals surface area (Å²) in [6, 6.07) is 14.1. The van der Waals surface area contributed by atoms with Crippen LogP contribution in [0, 0.1) is 5.82 Å². The van der Waals surface area contributed by atoms with Gasteiger partial charge in [0, 0.05) is 22.3 Å². The molecule has 106 valence electrons. The van der Waals surface area contributed by atoms with Gasteiger partial charge in [0.1, 0.15) is 5.82 Å². The third kappa shape index (κ3) is 2.80. The van der Waals surface area contributed by atoms with E-state index in [1.165, 1.54) is 6.07 Å². The number of alkyl halides is 1. The second-order valence-electron chi connectivity index (χ2n) is 4.55. The molecule has 0 aliphatic carbocycles. The quantitative estimate of drug-likeness (QED) is 0.621. The molecule has 0 bridgehead atoms. The van der Waals surface area contributed by atoms with E-state index in [2.05, 4.69) is 5.10 Å². The highest BCUT2D eigenvalue weighted by atomic mass is 35.5. The van der Waals surface area contributed by atoms with Crippen LogP contribution in [0.4, 0.5) is 4.39 Å². The van der Waals surface area contributed by atoms with Crippen LogP contribution >= 0.6 is 23.2 Å². The molecule has 1 atom stereocenters. The number of nitrogens with zero attached hydrogens (tertiary/aromatic N) is 2. The van der Waals surface area contributed by atoms with Gasteiger partial charge < -0.3 is 0 Å². The lowest BCUT2D eigenvalue weighted by atomic mass is 10.1. The molecule has 0 aliphatic heterocycles. The van der Waals surface area contributed by atoms with E-state index in [9.17, 15) is 4.39 Å². The normalized spacial score (nSPS) is 12.3. The van der Waals surface area contributed by atoms with Crippen LogP contribution in [0.5, 0.6) is 0 Å². The summed E-state index contributed by atoms with van der Waals surface area (Å²) >= 11 is 12.4. The molecule has 0 radical (unpaired) electrons. The molecule has 0 fully saturated rings. The lowest BCUT2D eigenvalue weighted by Crippen LogP contribution is -1.97. The zero-order valence-corrected chi connectivity index (χ0v) is 12.4. The average molecular weight is 321 g/mol. The van der Waals surface area contributed by atoms with Gasteiger partial charge in [-0.2, -0.15) is 5.10 Å². The SMILES string of the molecule is Fc1cccc(Cl)c1C(Cl)c1cnn(-c2ccccc2)c1. The van der Waals surface area contributed by atoms with E-state index >= 15 is 0 Å². The minimum absolute atomic E-state index is 0.272. The van der Waals surface area contributed by atoms with Gasteiger partial charge in [-0.3, -0.25) is 0 Å². The second kappa shape index (κ2) is 5.88. The molecule has 0 saturated carbocycles. The Bertz CT molecular complexity index is 736. The monoisotopic (exact) mass is 320 g/mol. The lowest BCUT2D eigenvalue weighted by Gasteiger charge is -2.10.